The lowest BCUT2D eigenvalue weighted by molar-refractivity contribution is 0.398. The third-order valence-electron chi connectivity index (χ3n) is 8.24. The molecule has 1 aliphatic carbocycles. The fraction of sp³-hybridized carbons (Fsp3) is 0.515. The van der Waals surface area contributed by atoms with Gasteiger partial charge in [0.25, 0.3) is 0 Å². The number of unbranched alkanes of at least 4 members (excludes halogenated alkanes) is 10. The first-order valence-corrected chi connectivity index (χ1v) is 16.6. The molecule has 0 bridgehead atoms. The van der Waals surface area contributed by atoms with Crippen LogP contribution >= 0.6 is 47.8 Å². The molecule has 0 saturated carbocycles. The summed E-state index contributed by atoms with van der Waals surface area (Å²) >= 11 is 11.6. The number of hydrogen-bond acceptors (Lipinski definition) is 0. The number of rotatable bonds is 14. The van der Waals surface area contributed by atoms with Crippen molar-refractivity contribution in [1.82, 2.24) is 0 Å². The highest BCUT2D eigenvalue weighted by molar-refractivity contribution is 9.11. The maximum absolute atomic E-state index is 3.98. The van der Waals surface area contributed by atoms with Crippen molar-refractivity contribution < 1.29 is 0 Å². The first-order valence-electron chi connectivity index (χ1n) is 14.2. The second kappa shape index (κ2) is 13.4. The molecule has 3 heteroatoms. The lowest BCUT2D eigenvalue weighted by Crippen LogP contribution is -2.25. The van der Waals surface area contributed by atoms with Crippen LogP contribution < -0.4 is 0 Å². The standard InChI is InChI=1S/C33H41Br3/c1-3-5-7-9-11-13-19-33(20-14-12-10-8-6-4-2)29-22-25(35)16-18-27(29)32-28-21-24(34)15-17-26(28)31(36)23-30(32)33/h15-18,21-23H,3-14,19-20H2,1-2H3. The molecule has 0 radical (unpaired) electrons. The number of fused-ring (bicyclic) bond motifs is 5. The van der Waals surface area contributed by atoms with E-state index in [0.29, 0.717) is 0 Å². The van der Waals surface area contributed by atoms with E-state index in [4.69, 9.17) is 0 Å². The van der Waals surface area contributed by atoms with Gasteiger partial charge in [-0.25, -0.2) is 0 Å². The van der Waals surface area contributed by atoms with Crippen molar-refractivity contribution >= 4 is 58.6 Å². The van der Waals surface area contributed by atoms with Gasteiger partial charge < -0.3 is 0 Å². The van der Waals surface area contributed by atoms with E-state index in [9.17, 15) is 0 Å². The molecule has 0 atom stereocenters. The molecule has 0 amide bonds. The normalized spacial score (nSPS) is 13.8. The first kappa shape index (κ1) is 28.4. The summed E-state index contributed by atoms with van der Waals surface area (Å²) in [6.45, 7) is 4.61. The van der Waals surface area contributed by atoms with Crippen molar-refractivity contribution in [2.45, 2.75) is 109 Å². The summed E-state index contributed by atoms with van der Waals surface area (Å²) in [6, 6.07) is 16.3. The van der Waals surface area contributed by atoms with Gasteiger partial charge in [-0.3, -0.25) is 0 Å². The molecule has 194 valence electrons. The van der Waals surface area contributed by atoms with Gasteiger partial charge in [0, 0.05) is 18.8 Å². The third-order valence-corrected chi connectivity index (χ3v) is 9.89. The van der Waals surface area contributed by atoms with E-state index in [0.717, 1.165) is 4.47 Å². The SMILES string of the molecule is CCCCCCCCC1(CCCCCCCC)c2cc(Br)ccc2-c2c1cc(Br)c1ccc(Br)cc21. The Morgan fingerprint density at radius 2 is 1.11 bits per heavy atom. The van der Waals surface area contributed by atoms with Gasteiger partial charge in [-0.15, -0.1) is 0 Å². The average molecular weight is 677 g/mol. The van der Waals surface area contributed by atoms with Gasteiger partial charge in [0.1, 0.15) is 0 Å². The molecule has 0 spiro atoms. The van der Waals surface area contributed by atoms with Crippen LogP contribution in [0.25, 0.3) is 21.9 Å². The van der Waals surface area contributed by atoms with Crippen molar-refractivity contribution in [3.8, 4) is 11.1 Å². The lowest BCUT2D eigenvalue weighted by atomic mass is 9.70. The molecule has 0 saturated heterocycles. The average Bonchev–Trinajstić information content (AvgIpc) is 3.12. The Balaban J connectivity index is 1.76. The van der Waals surface area contributed by atoms with E-state index in [1.807, 2.05) is 0 Å². The van der Waals surface area contributed by atoms with Crippen LogP contribution in [0.3, 0.4) is 0 Å². The van der Waals surface area contributed by atoms with Crippen LogP contribution in [0.2, 0.25) is 0 Å². The van der Waals surface area contributed by atoms with Crippen molar-refractivity contribution in [3.63, 3.8) is 0 Å². The zero-order chi connectivity index (χ0) is 25.5. The molecule has 0 unspecified atom stereocenters. The molecule has 0 N–H and O–H groups in total. The van der Waals surface area contributed by atoms with Gasteiger partial charge in [-0.1, -0.05) is 151 Å². The van der Waals surface area contributed by atoms with Crippen molar-refractivity contribution in [2.75, 3.05) is 0 Å². The van der Waals surface area contributed by atoms with Gasteiger partial charge in [0.2, 0.25) is 0 Å². The summed E-state index contributed by atoms with van der Waals surface area (Å²) in [5, 5.41) is 2.67. The van der Waals surface area contributed by atoms with Gasteiger partial charge >= 0.3 is 0 Å². The number of halogens is 3. The summed E-state index contributed by atoms with van der Waals surface area (Å²) in [4.78, 5) is 0. The predicted octanol–water partition coefficient (Wildman–Crippen LogP) is 12.9. The molecular weight excluding hydrogens is 636 g/mol. The van der Waals surface area contributed by atoms with Gasteiger partial charge in [-0.2, -0.15) is 0 Å². The summed E-state index contributed by atoms with van der Waals surface area (Å²) in [6.07, 6.45) is 18.7. The van der Waals surface area contributed by atoms with Gasteiger partial charge in [0.15, 0.2) is 0 Å². The second-order valence-corrected chi connectivity index (χ2v) is 13.5. The molecule has 0 aromatic heterocycles. The van der Waals surface area contributed by atoms with E-state index in [-0.39, 0.29) is 5.41 Å². The quantitative estimate of drug-likeness (QED) is 0.149. The molecule has 4 rings (SSSR count). The number of hydrogen-bond donors (Lipinski definition) is 0. The highest BCUT2D eigenvalue weighted by Gasteiger charge is 2.43. The lowest BCUT2D eigenvalue weighted by Gasteiger charge is -2.33. The van der Waals surface area contributed by atoms with Crippen LogP contribution in [0, 0.1) is 0 Å². The zero-order valence-electron chi connectivity index (χ0n) is 22.1. The van der Waals surface area contributed by atoms with Crippen LogP contribution in [-0.4, -0.2) is 0 Å². The topological polar surface area (TPSA) is 0 Å². The monoisotopic (exact) mass is 674 g/mol. The summed E-state index contributed by atoms with van der Waals surface area (Å²) in [5.74, 6) is 0. The molecule has 36 heavy (non-hydrogen) atoms. The Kier molecular flexibility index (Phi) is 10.6. The van der Waals surface area contributed by atoms with Crippen molar-refractivity contribution in [2.24, 2.45) is 0 Å². The predicted molar refractivity (Wildman–Crippen MR) is 169 cm³/mol. The Morgan fingerprint density at radius 3 is 1.75 bits per heavy atom. The summed E-state index contributed by atoms with van der Waals surface area (Å²) < 4.78 is 3.58. The fourth-order valence-electron chi connectivity index (χ4n) is 6.37. The highest BCUT2D eigenvalue weighted by atomic mass is 79.9. The van der Waals surface area contributed by atoms with Crippen molar-refractivity contribution in [3.05, 3.63) is 67.0 Å². The zero-order valence-corrected chi connectivity index (χ0v) is 26.8. The molecule has 0 heterocycles. The maximum atomic E-state index is 3.98. The molecular formula is C33H41Br3. The molecule has 3 aromatic carbocycles. The Morgan fingerprint density at radius 1 is 0.556 bits per heavy atom. The van der Waals surface area contributed by atoms with Gasteiger partial charge in [-0.05, 0) is 76.2 Å². The second-order valence-electron chi connectivity index (χ2n) is 10.8. The molecule has 1 aliphatic rings. The van der Waals surface area contributed by atoms with Crippen LogP contribution in [0.15, 0.2) is 55.9 Å². The Bertz CT molecular complexity index is 1150. The van der Waals surface area contributed by atoms with Crippen LogP contribution in [0.5, 0.6) is 0 Å². The fourth-order valence-corrected chi connectivity index (χ4v) is 7.67. The largest absolute Gasteiger partial charge is 0.0654 e. The molecule has 0 aliphatic heterocycles. The Hall–Kier alpha value is -0.640. The maximum Gasteiger partial charge on any atom is 0.0257 e. The summed E-state index contributed by atoms with van der Waals surface area (Å²) in [5.41, 5.74) is 6.11. The minimum Gasteiger partial charge on any atom is -0.0654 e. The van der Waals surface area contributed by atoms with Crippen LogP contribution in [0.4, 0.5) is 0 Å². The van der Waals surface area contributed by atoms with E-state index < -0.39 is 0 Å². The smallest absolute Gasteiger partial charge is 0.0257 e. The van der Waals surface area contributed by atoms with E-state index in [1.54, 1.807) is 11.1 Å². The molecule has 0 nitrogen and oxygen atoms in total. The molecule has 3 aromatic rings. The Labute approximate surface area is 244 Å². The van der Waals surface area contributed by atoms with Crippen LogP contribution in [-0.2, 0) is 5.41 Å². The molecule has 0 fully saturated rings. The van der Waals surface area contributed by atoms with E-state index in [1.165, 1.54) is 121 Å². The number of benzene rings is 3. The summed E-state index contributed by atoms with van der Waals surface area (Å²) in [7, 11) is 0. The highest BCUT2D eigenvalue weighted by Crippen LogP contribution is 2.57. The van der Waals surface area contributed by atoms with E-state index >= 15 is 0 Å². The van der Waals surface area contributed by atoms with Crippen molar-refractivity contribution in [1.29, 1.82) is 0 Å². The van der Waals surface area contributed by atoms with Gasteiger partial charge in [0.05, 0.1) is 0 Å². The van der Waals surface area contributed by atoms with E-state index in [2.05, 4.69) is 104 Å². The first-order chi connectivity index (χ1) is 17.5. The third kappa shape index (κ3) is 6.15. The minimum atomic E-state index is 0.100. The van der Waals surface area contributed by atoms with Crippen LogP contribution in [0.1, 0.15) is 115 Å². The minimum absolute atomic E-state index is 0.100.